The Bertz CT molecular complexity index is 740. The number of carbonyl (C=O) groups excluding carboxylic acids is 1. The Morgan fingerprint density at radius 3 is 2.43 bits per heavy atom. The average Bonchev–Trinajstić information content (AvgIpc) is 3.10. The molecule has 30 heavy (non-hydrogen) atoms. The quantitative estimate of drug-likeness (QED) is 0.582. The summed E-state index contributed by atoms with van der Waals surface area (Å²) >= 11 is 0. The Labute approximate surface area is 176 Å². The molecule has 0 bridgehead atoms. The van der Waals surface area contributed by atoms with Gasteiger partial charge in [0.1, 0.15) is 12.1 Å². The number of carboxylic acid groups (broad SMARTS) is 2. The Kier molecular flexibility index (Phi) is 8.37. The number of likely N-dealkylation sites (tertiary alicyclic amines) is 1. The molecule has 5 unspecified atom stereocenters. The fourth-order valence-corrected chi connectivity index (χ4v) is 4.83. The second-order valence-corrected chi connectivity index (χ2v) is 8.25. The third-order valence-corrected chi connectivity index (χ3v) is 6.31. The van der Waals surface area contributed by atoms with Gasteiger partial charge in [0, 0.05) is 6.04 Å². The lowest BCUT2D eigenvalue weighted by Crippen LogP contribution is -2.55. The maximum atomic E-state index is 13.2. The molecule has 1 amide bonds. The van der Waals surface area contributed by atoms with Crippen molar-refractivity contribution in [2.45, 2.75) is 76.0 Å². The SMILES string of the molecule is CC(NC(CCc1ccccc1)C(=O)O)C(=O)N1C(C(=O)O)CC2CCCCC21.O. The lowest BCUT2D eigenvalue weighted by atomic mass is 9.84. The molecule has 0 radical (unpaired) electrons. The van der Waals surface area contributed by atoms with Crippen molar-refractivity contribution < 1.29 is 30.1 Å². The van der Waals surface area contributed by atoms with Crippen LogP contribution in [0, 0.1) is 5.92 Å². The van der Waals surface area contributed by atoms with Crippen LogP contribution in [0.15, 0.2) is 30.3 Å². The van der Waals surface area contributed by atoms with Crippen molar-refractivity contribution in [3.05, 3.63) is 35.9 Å². The van der Waals surface area contributed by atoms with E-state index in [1.54, 1.807) is 6.92 Å². The van der Waals surface area contributed by atoms with Gasteiger partial charge in [0.15, 0.2) is 0 Å². The third kappa shape index (κ3) is 5.37. The van der Waals surface area contributed by atoms with Gasteiger partial charge in [-0.2, -0.15) is 0 Å². The van der Waals surface area contributed by atoms with E-state index in [0.717, 1.165) is 31.2 Å². The van der Waals surface area contributed by atoms with Crippen LogP contribution >= 0.6 is 0 Å². The highest BCUT2D eigenvalue weighted by molar-refractivity contribution is 5.88. The van der Waals surface area contributed by atoms with Gasteiger partial charge in [-0.25, -0.2) is 4.79 Å². The molecule has 1 saturated heterocycles. The zero-order valence-corrected chi connectivity index (χ0v) is 17.3. The summed E-state index contributed by atoms with van der Waals surface area (Å²) in [4.78, 5) is 38.2. The fourth-order valence-electron chi connectivity index (χ4n) is 4.83. The summed E-state index contributed by atoms with van der Waals surface area (Å²) in [5.41, 5.74) is 1.04. The number of hydrogen-bond donors (Lipinski definition) is 3. The van der Waals surface area contributed by atoms with E-state index in [9.17, 15) is 24.6 Å². The number of amides is 1. The van der Waals surface area contributed by atoms with Gasteiger partial charge in [-0.1, -0.05) is 43.2 Å². The van der Waals surface area contributed by atoms with Crippen molar-refractivity contribution in [2.75, 3.05) is 0 Å². The van der Waals surface area contributed by atoms with Gasteiger partial charge in [-0.05, 0) is 50.5 Å². The number of fused-ring (bicyclic) bond motifs is 1. The molecule has 8 nitrogen and oxygen atoms in total. The monoisotopic (exact) mass is 420 g/mol. The standard InChI is InChI=1S/C22H30N2O5.H2O/c1-14(23-17(21(26)27)12-11-15-7-3-2-4-8-15)20(25)24-18-10-6-5-9-16(18)13-19(24)22(28)29;/h2-4,7-8,14,16-19,23H,5-6,9-13H2,1H3,(H,26,27)(H,28,29);1H2. The summed E-state index contributed by atoms with van der Waals surface area (Å²) in [7, 11) is 0. The lowest BCUT2D eigenvalue weighted by molar-refractivity contribution is -0.151. The molecule has 1 aliphatic heterocycles. The minimum absolute atomic E-state index is 0. The maximum Gasteiger partial charge on any atom is 0.326 e. The first-order valence-electron chi connectivity index (χ1n) is 10.5. The largest absolute Gasteiger partial charge is 0.480 e. The van der Waals surface area contributed by atoms with Crippen LogP contribution in [-0.4, -0.2) is 62.6 Å². The highest BCUT2D eigenvalue weighted by Gasteiger charge is 2.48. The van der Waals surface area contributed by atoms with E-state index in [1.807, 2.05) is 30.3 Å². The van der Waals surface area contributed by atoms with Crippen molar-refractivity contribution in [3.63, 3.8) is 0 Å². The molecule has 5 atom stereocenters. The molecule has 1 saturated carbocycles. The molecule has 0 spiro atoms. The van der Waals surface area contributed by atoms with Crippen LogP contribution in [0.25, 0.3) is 0 Å². The number of rotatable bonds is 8. The predicted molar refractivity (Wildman–Crippen MR) is 111 cm³/mol. The number of carbonyl (C=O) groups is 3. The van der Waals surface area contributed by atoms with Crippen LogP contribution in [0.2, 0.25) is 0 Å². The molecule has 2 fully saturated rings. The molecular formula is C22H32N2O6. The molecule has 0 aromatic heterocycles. The molecule has 2 aliphatic rings. The van der Waals surface area contributed by atoms with Crippen LogP contribution in [0.4, 0.5) is 0 Å². The smallest absolute Gasteiger partial charge is 0.326 e. The number of aryl methyl sites for hydroxylation is 1. The first-order valence-corrected chi connectivity index (χ1v) is 10.5. The van der Waals surface area contributed by atoms with Gasteiger partial charge in [0.2, 0.25) is 5.91 Å². The van der Waals surface area contributed by atoms with Gasteiger partial charge in [-0.3, -0.25) is 14.9 Å². The van der Waals surface area contributed by atoms with Crippen LogP contribution in [0.1, 0.15) is 51.0 Å². The number of nitrogens with zero attached hydrogens (tertiary/aromatic N) is 1. The molecule has 5 N–H and O–H groups in total. The van der Waals surface area contributed by atoms with Gasteiger partial charge in [-0.15, -0.1) is 0 Å². The second-order valence-electron chi connectivity index (χ2n) is 8.25. The van der Waals surface area contributed by atoms with Crippen LogP contribution in [-0.2, 0) is 20.8 Å². The summed E-state index contributed by atoms with van der Waals surface area (Å²) in [5.74, 6) is -2.06. The minimum Gasteiger partial charge on any atom is -0.480 e. The average molecular weight is 421 g/mol. The Hall–Kier alpha value is -2.45. The zero-order valence-electron chi connectivity index (χ0n) is 17.3. The number of hydrogen-bond acceptors (Lipinski definition) is 4. The first kappa shape index (κ1) is 23.8. The molecule has 8 heteroatoms. The summed E-state index contributed by atoms with van der Waals surface area (Å²) < 4.78 is 0. The van der Waals surface area contributed by atoms with Crippen molar-refractivity contribution in [2.24, 2.45) is 5.92 Å². The molecular weight excluding hydrogens is 388 g/mol. The van der Waals surface area contributed by atoms with E-state index < -0.39 is 30.1 Å². The van der Waals surface area contributed by atoms with Gasteiger partial charge in [0.05, 0.1) is 6.04 Å². The summed E-state index contributed by atoms with van der Waals surface area (Å²) in [5, 5.41) is 22.2. The normalized spacial score (nSPS) is 25.0. The van der Waals surface area contributed by atoms with Crippen molar-refractivity contribution in [1.29, 1.82) is 0 Å². The van der Waals surface area contributed by atoms with Gasteiger partial charge in [0.25, 0.3) is 0 Å². The van der Waals surface area contributed by atoms with Crippen LogP contribution in [0.3, 0.4) is 0 Å². The fraction of sp³-hybridized carbons (Fsp3) is 0.591. The molecule has 1 aromatic carbocycles. The molecule has 1 aliphatic carbocycles. The van der Waals surface area contributed by atoms with Crippen molar-refractivity contribution >= 4 is 17.8 Å². The number of aliphatic carboxylic acids is 2. The topological polar surface area (TPSA) is 138 Å². The Morgan fingerprint density at radius 1 is 1.13 bits per heavy atom. The molecule has 166 valence electrons. The predicted octanol–water partition coefficient (Wildman–Crippen LogP) is 1.47. The highest BCUT2D eigenvalue weighted by atomic mass is 16.4. The van der Waals surface area contributed by atoms with E-state index >= 15 is 0 Å². The summed E-state index contributed by atoms with van der Waals surface area (Å²) in [6.45, 7) is 1.63. The molecule has 1 aromatic rings. The summed E-state index contributed by atoms with van der Waals surface area (Å²) in [6.07, 6.45) is 5.27. The first-order chi connectivity index (χ1) is 13.9. The van der Waals surface area contributed by atoms with Crippen molar-refractivity contribution in [3.8, 4) is 0 Å². The summed E-state index contributed by atoms with van der Waals surface area (Å²) in [6, 6.07) is 7.12. The van der Waals surface area contributed by atoms with Crippen LogP contribution in [0.5, 0.6) is 0 Å². The van der Waals surface area contributed by atoms with Crippen LogP contribution < -0.4 is 5.32 Å². The zero-order chi connectivity index (χ0) is 21.0. The minimum atomic E-state index is -1.01. The van der Waals surface area contributed by atoms with E-state index in [-0.39, 0.29) is 23.3 Å². The number of nitrogens with one attached hydrogen (secondary N) is 1. The number of carboxylic acids is 2. The Balaban J connectivity index is 0.00000320. The molecule has 1 heterocycles. The van der Waals surface area contributed by atoms with E-state index in [0.29, 0.717) is 19.3 Å². The van der Waals surface area contributed by atoms with Gasteiger partial charge < -0.3 is 20.6 Å². The van der Waals surface area contributed by atoms with Crippen molar-refractivity contribution in [1.82, 2.24) is 10.2 Å². The second kappa shape index (κ2) is 10.5. The third-order valence-electron chi connectivity index (χ3n) is 6.31. The molecule has 3 rings (SSSR count). The van der Waals surface area contributed by atoms with E-state index in [2.05, 4.69) is 5.32 Å². The van der Waals surface area contributed by atoms with E-state index in [4.69, 9.17) is 0 Å². The Morgan fingerprint density at radius 2 is 1.80 bits per heavy atom. The van der Waals surface area contributed by atoms with Gasteiger partial charge >= 0.3 is 11.9 Å². The lowest BCUT2D eigenvalue weighted by Gasteiger charge is -2.35. The van der Waals surface area contributed by atoms with E-state index in [1.165, 1.54) is 4.90 Å². The maximum absolute atomic E-state index is 13.2. The highest BCUT2D eigenvalue weighted by Crippen LogP contribution is 2.40. The number of benzene rings is 1.